The molecule has 1 amide bonds. The van der Waals surface area contributed by atoms with Crippen molar-refractivity contribution in [2.24, 2.45) is 0 Å². The molecule has 0 unspecified atom stereocenters. The van der Waals surface area contributed by atoms with E-state index in [0.29, 0.717) is 12.6 Å². The molecular formula is C21H27FN2O5. The van der Waals surface area contributed by atoms with Crippen molar-refractivity contribution in [1.82, 2.24) is 4.90 Å². The first-order chi connectivity index (χ1) is 13.7. The number of halogens is 1. The second-order valence-electron chi connectivity index (χ2n) is 7.13. The van der Waals surface area contributed by atoms with Crippen LogP contribution in [0.4, 0.5) is 15.8 Å². The average molecular weight is 406 g/mol. The maximum Gasteiger partial charge on any atom is 0.272 e. The van der Waals surface area contributed by atoms with Crippen molar-refractivity contribution in [2.45, 2.75) is 45.8 Å². The predicted molar refractivity (Wildman–Crippen MR) is 109 cm³/mol. The molecule has 2 aromatic carbocycles. The van der Waals surface area contributed by atoms with Crippen molar-refractivity contribution in [3.05, 3.63) is 50.0 Å². The number of benzene rings is 1. The Labute approximate surface area is 169 Å². The highest BCUT2D eigenvalue weighted by atomic mass is 19.1. The van der Waals surface area contributed by atoms with Crippen LogP contribution in [0.1, 0.15) is 44.0 Å². The third-order valence-electron chi connectivity index (χ3n) is 4.84. The Morgan fingerprint density at radius 2 is 1.90 bits per heavy atom. The van der Waals surface area contributed by atoms with E-state index >= 15 is 0 Å². The van der Waals surface area contributed by atoms with Gasteiger partial charge in [-0.1, -0.05) is 6.07 Å². The fourth-order valence-electron chi connectivity index (χ4n) is 3.00. The second-order valence-corrected chi connectivity index (χ2v) is 7.13. The molecule has 1 fully saturated rings. The van der Waals surface area contributed by atoms with E-state index < -0.39 is 16.7 Å². The van der Waals surface area contributed by atoms with Gasteiger partial charge in [0.05, 0.1) is 24.5 Å². The van der Waals surface area contributed by atoms with E-state index in [1.165, 1.54) is 25.3 Å². The maximum absolute atomic E-state index is 14.7. The van der Waals surface area contributed by atoms with Gasteiger partial charge < -0.3 is 19.7 Å². The Hall–Kier alpha value is -2.74. The van der Waals surface area contributed by atoms with Gasteiger partial charge >= 0.3 is 0 Å². The molecule has 0 aliphatic carbocycles. The van der Waals surface area contributed by atoms with E-state index in [1.807, 2.05) is 20.8 Å². The van der Waals surface area contributed by atoms with Crippen molar-refractivity contribution in [1.29, 1.82) is 0 Å². The van der Waals surface area contributed by atoms with Crippen LogP contribution in [0.2, 0.25) is 0 Å². The van der Waals surface area contributed by atoms with Crippen LogP contribution in [0.25, 0.3) is 0 Å². The summed E-state index contributed by atoms with van der Waals surface area (Å²) in [6, 6.07) is 4.41. The van der Waals surface area contributed by atoms with Crippen LogP contribution in [0.5, 0.6) is 5.75 Å². The van der Waals surface area contributed by atoms with Crippen LogP contribution < -0.4 is 20.9 Å². The first-order valence-electron chi connectivity index (χ1n) is 9.49. The van der Waals surface area contributed by atoms with Crippen molar-refractivity contribution in [2.75, 3.05) is 26.1 Å². The van der Waals surface area contributed by atoms with Crippen LogP contribution in [0, 0.1) is 5.82 Å². The molecule has 7 nitrogen and oxygen atoms in total. The van der Waals surface area contributed by atoms with Crippen molar-refractivity contribution >= 4 is 17.3 Å². The Morgan fingerprint density at radius 3 is 2.41 bits per heavy atom. The standard InChI is InChI=1S/C17H17FN2O4.C4H10O/c1-9-5-4-8-20(9)17(23)10-6-3-7-11(12(10)18)19-13-14(21)15(22)16(13)24-2;1-4(2)5-3/h3,6-7,9,19H,4-5,8H2,1-2H3;4H,1-3H3/t9-;/m1./s1. The first-order valence-corrected chi connectivity index (χ1v) is 9.49. The van der Waals surface area contributed by atoms with Crippen LogP contribution in [0.15, 0.2) is 27.8 Å². The van der Waals surface area contributed by atoms with Gasteiger partial charge in [-0.2, -0.15) is 0 Å². The van der Waals surface area contributed by atoms with E-state index in [2.05, 4.69) is 5.32 Å². The number of carbonyl (C=O) groups is 1. The van der Waals surface area contributed by atoms with Gasteiger partial charge in [0, 0.05) is 19.7 Å². The van der Waals surface area contributed by atoms with Gasteiger partial charge in [-0.15, -0.1) is 0 Å². The Bertz CT molecular complexity index is 934. The molecule has 1 atom stereocenters. The van der Waals surface area contributed by atoms with Crippen molar-refractivity contribution in [3.63, 3.8) is 0 Å². The largest absolute Gasteiger partial charge is 0.491 e. The van der Waals surface area contributed by atoms with Crippen molar-refractivity contribution in [3.8, 4) is 5.75 Å². The highest BCUT2D eigenvalue weighted by Crippen LogP contribution is 2.28. The monoisotopic (exact) mass is 406 g/mol. The smallest absolute Gasteiger partial charge is 0.272 e. The number of ether oxygens (including phenoxy) is 2. The molecule has 2 aromatic rings. The summed E-state index contributed by atoms with van der Waals surface area (Å²) in [6.07, 6.45) is 2.18. The van der Waals surface area contributed by atoms with Gasteiger partial charge in [0.1, 0.15) is 5.69 Å². The summed E-state index contributed by atoms with van der Waals surface area (Å²) >= 11 is 0. The van der Waals surface area contributed by atoms with Crippen LogP contribution in [-0.2, 0) is 4.74 Å². The molecule has 1 N–H and O–H groups in total. The molecule has 0 radical (unpaired) electrons. The average Bonchev–Trinajstić information content (AvgIpc) is 3.14. The molecule has 0 spiro atoms. The zero-order valence-corrected chi connectivity index (χ0v) is 17.4. The number of likely N-dealkylation sites (tertiary alicyclic amines) is 1. The van der Waals surface area contributed by atoms with Crippen LogP contribution >= 0.6 is 0 Å². The molecule has 0 bridgehead atoms. The molecule has 1 heterocycles. The third-order valence-corrected chi connectivity index (χ3v) is 4.84. The van der Waals surface area contributed by atoms with Gasteiger partial charge in [0.15, 0.2) is 11.6 Å². The number of hydrogen-bond donors (Lipinski definition) is 1. The number of rotatable bonds is 5. The highest BCUT2D eigenvalue weighted by Gasteiger charge is 2.29. The van der Waals surface area contributed by atoms with Gasteiger partial charge in [-0.05, 0) is 45.7 Å². The minimum absolute atomic E-state index is 0.0434. The van der Waals surface area contributed by atoms with Gasteiger partial charge in [0.25, 0.3) is 16.8 Å². The van der Waals surface area contributed by atoms with Gasteiger partial charge in [-0.25, -0.2) is 4.39 Å². The normalized spacial score (nSPS) is 16.0. The summed E-state index contributed by atoms with van der Waals surface area (Å²) in [6.45, 7) is 6.53. The summed E-state index contributed by atoms with van der Waals surface area (Å²) in [5.74, 6) is -1.26. The summed E-state index contributed by atoms with van der Waals surface area (Å²) in [4.78, 5) is 37.1. The summed E-state index contributed by atoms with van der Waals surface area (Å²) < 4.78 is 24.3. The molecule has 29 heavy (non-hydrogen) atoms. The van der Waals surface area contributed by atoms with E-state index in [9.17, 15) is 18.8 Å². The Morgan fingerprint density at radius 1 is 1.24 bits per heavy atom. The fourth-order valence-corrected chi connectivity index (χ4v) is 3.00. The lowest BCUT2D eigenvalue weighted by Crippen LogP contribution is -2.35. The number of anilines is 2. The highest BCUT2D eigenvalue weighted by molar-refractivity contribution is 5.96. The molecule has 3 rings (SSSR count). The molecule has 1 aliphatic rings. The van der Waals surface area contributed by atoms with Crippen molar-refractivity contribution < 1.29 is 18.7 Å². The number of nitrogens with zero attached hydrogens (tertiary/aromatic N) is 1. The third kappa shape index (κ3) is 4.82. The number of carbonyl (C=O) groups excluding carboxylic acids is 1. The Balaban J connectivity index is 0.000000537. The molecule has 0 saturated carbocycles. The number of nitrogens with one attached hydrogen (secondary N) is 1. The molecule has 1 saturated heterocycles. The number of hydrogen-bond acceptors (Lipinski definition) is 6. The van der Waals surface area contributed by atoms with E-state index in [-0.39, 0.29) is 34.6 Å². The van der Waals surface area contributed by atoms with E-state index in [0.717, 1.165) is 12.8 Å². The number of amides is 1. The quantitative estimate of drug-likeness (QED) is 0.769. The zero-order valence-electron chi connectivity index (χ0n) is 17.4. The summed E-state index contributed by atoms with van der Waals surface area (Å²) in [5, 5.41) is 2.56. The minimum Gasteiger partial charge on any atom is -0.491 e. The summed E-state index contributed by atoms with van der Waals surface area (Å²) in [7, 11) is 2.96. The molecule has 158 valence electrons. The lowest BCUT2D eigenvalue weighted by molar-refractivity contribution is 0.0743. The molecule has 8 heteroatoms. The van der Waals surface area contributed by atoms with E-state index in [1.54, 1.807) is 12.0 Å². The van der Waals surface area contributed by atoms with Crippen LogP contribution in [0.3, 0.4) is 0 Å². The predicted octanol–water partition coefficient (Wildman–Crippen LogP) is 2.84. The summed E-state index contributed by atoms with van der Waals surface area (Å²) in [5.41, 5.74) is -1.72. The lowest BCUT2D eigenvalue weighted by atomic mass is 10.1. The zero-order chi connectivity index (χ0) is 21.7. The minimum atomic E-state index is -0.767. The first kappa shape index (κ1) is 22.5. The maximum atomic E-state index is 14.7. The molecular weight excluding hydrogens is 379 g/mol. The van der Waals surface area contributed by atoms with Gasteiger partial charge in [-0.3, -0.25) is 14.4 Å². The Kier molecular flexibility index (Phi) is 7.50. The second kappa shape index (κ2) is 9.65. The lowest BCUT2D eigenvalue weighted by Gasteiger charge is -2.22. The number of methoxy groups -OCH3 is 2. The molecule has 0 aromatic heterocycles. The fraction of sp³-hybridized carbons (Fsp3) is 0.476. The van der Waals surface area contributed by atoms with Crippen LogP contribution in [-0.4, -0.2) is 43.7 Å². The molecule has 1 aliphatic heterocycles. The van der Waals surface area contributed by atoms with Gasteiger partial charge in [0.2, 0.25) is 0 Å². The topological polar surface area (TPSA) is 84.9 Å². The van der Waals surface area contributed by atoms with E-state index in [4.69, 9.17) is 9.47 Å². The SMILES string of the molecule is COC(C)C.COc1c(Nc2cccc(C(=O)N3CCC[C@H]3C)c2F)c(=O)c1=O.